The van der Waals surface area contributed by atoms with Crippen LogP contribution in [0.3, 0.4) is 0 Å². The third-order valence-electron chi connectivity index (χ3n) is 2.47. The summed E-state index contributed by atoms with van der Waals surface area (Å²) in [6, 6.07) is 5.03. The number of esters is 1. The lowest BCUT2D eigenvalue weighted by atomic mass is 10.3. The van der Waals surface area contributed by atoms with Crippen LogP contribution in [0.2, 0.25) is 5.15 Å². The molecule has 6 nitrogen and oxygen atoms in total. The Morgan fingerprint density at radius 2 is 1.67 bits per heavy atom. The van der Waals surface area contributed by atoms with Crippen LogP contribution in [0, 0.1) is 0 Å². The second kappa shape index (κ2) is 6.64. The molecule has 112 valence electrons. The lowest BCUT2D eigenvalue weighted by molar-refractivity contribution is 0.0606. The fraction of sp³-hybridized carbons (Fsp3) is 0.231. The van der Waals surface area contributed by atoms with Gasteiger partial charge in [0.25, 0.3) is 5.19 Å². The summed E-state index contributed by atoms with van der Waals surface area (Å²) in [6.45, 7) is 0. The average Bonchev–Trinajstić information content (AvgIpc) is 2.86. The van der Waals surface area contributed by atoms with Crippen LogP contribution in [0.15, 0.2) is 18.2 Å². The van der Waals surface area contributed by atoms with Crippen LogP contribution in [0.5, 0.6) is 22.4 Å². The minimum Gasteiger partial charge on any atom is -0.496 e. The topological polar surface area (TPSA) is 66.9 Å². The molecule has 0 aliphatic rings. The summed E-state index contributed by atoms with van der Waals surface area (Å²) in [5, 5.41) is 0.257. The predicted octanol–water partition coefficient (Wildman–Crippen LogP) is 3.39. The number of carbonyl (C=O) groups excluding carboxylic acids is 1. The number of rotatable bonds is 5. The number of carbonyl (C=O) groups is 1. The first kappa shape index (κ1) is 15.4. The Hall–Kier alpha value is -1.99. The van der Waals surface area contributed by atoms with Gasteiger partial charge in [-0.3, -0.25) is 0 Å². The summed E-state index contributed by atoms with van der Waals surface area (Å²) in [4.78, 5) is 15.6. The summed E-state index contributed by atoms with van der Waals surface area (Å²) in [6.07, 6.45) is 0. The summed E-state index contributed by atoms with van der Waals surface area (Å²) in [5.41, 5.74) is 0. The molecular weight excluding hydrogens is 318 g/mol. The quantitative estimate of drug-likeness (QED) is 0.783. The molecule has 2 rings (SSSR count). The molecule has 0 radical (unpaired) electrons. The molecule has 1 heterocycles. The van der Waals surface area contributed by atoms with Gasteiger partial charge in [-0.15, -0.1) is 0 Å². The molecular formula is C13H12ClNO5S. The fourth-order valence-corrected chi connectivity index (χ4v) is 2.55. The van der Waals surface area contributed by atoms with Gasteiger partial charge >= 0.3 is 5.97 Å². The van der Waals surface area contributed by atoms with E-state index in [4.69, 9.17) is 25.8 Å². The van der Waals surface area contributed by atoms with E-state index in [1.165, 1.54) is 21.3 Å². The summed E-state index contributed by atoms with van der Waals surface area (Å²) in [5.74, 6) is 1.03. The number of thiazole rings is 1. The smallest absolute Gasteiger partial charge is 0.351 e. The Labute approximate surface area is 130 Å². The zero-order valence-electron chi connectivity index (χ0n) is 11.5. The SMILES string of the molecule is COC(=O)c1sc(Oc2cc(OC)cc(OC)c2)nc1Cl. The number of nitrogens with zero attached hydrogens (tertiary/aromatic N) is 1. The van der Waals surface area contributed by atoms with E-state index in [-0.39, 0.29) is 15.2 Å². The van der Waals surface area contributed by atoms with Gasteiger partial charge in [-0.25, -0.2) is 4.79 Å². The molecule has 1 aromatic heterocycles. The Kier molecular flexibility index (Phi) is 4.87. The lowest BCUT2D eigenvalue weighted by Gasteiger charge is -2.07. The van der Waals surface area contributed by atoms with Crippen LogP contribution in [-0.2, 0) is 4.74 Å². The van der Waals surface area contributed by atoms with Crippen molar-refractivity contribution in [3.05, 3.63) is 28.2 Å². The molecule has 8 heteroatoms. The molecule has 0 fully saturated rings. The second-order valence-corrected chi connectivity index (χ2v) is 5.06. The third kappa shape index (κ3) is 3.56. The molecule has 0 saturated heterocycles. The highest BCUT2D eigenvalue weighted by Crippen LogP contribution is 2.35. The van der Waals surface area contributed by atoms with Crippen molar-refractivity contribution < 1.29 is 23.7 Å². The van der Waals surface area contributed by atoms with Crippen molar-refractivity contribution in [3.8, 4) is 22.4 Å². The molecule has 0 spiro atoms. The Balaban J connectivity index is 2.27. The molecule has 0 atom stereocenters. The van der Waals surface area contributed by atoms with E-state index in [0.29, 0.717) is 17.2 Å². The van der Waals surface area contributed by atoms with E-state index in [1.54, 1.807) is 18.2 Å². The number of ether oxygens (including phenoxy) is 4. The Morgan fingerprint density at radius 1 is 1.10 bits per heavy atom. The maximum Gasteiger partial charge on any atom is 0.351 e. The number of aromatic nitrogens is 1. The normalized spacial score (nSPS) is 10.1. The van der Waals surface area contributed by atoms with Crippen molar-refractivity contribution in [1.29, 1.82) is 0 Å². The molecule has 0 bridgehead atoms. The number of benzene rings is 1. The zero-order chi connectivity index (χ0) is 15.4. The predicted molar refractivity (Wildman–Crippen MR) is 78.1 cm³/mol. The molecule has 2 aromatic rings. The lowest BCUT2D eigenvalue weighted by Crippen LogP contribution is -1.98. The maximum atomic E-state index is 11.5. The van der Waals surface area contributed by atoms with Crippen LogP contribution >= 0.6 is 22.9 Å². The third-order valence-corrected chi connectivity index (χ3v) is 3.77. The van der Waals surface area contributed by atoms with E-state index >= 15 is 0 Å². The minimum absolute atomic E-state index is 0.0386. The highest BCUT2D eigenvalue weighted by atomic mass is 35.5. The standard InChI is InChI=1S/C13H12ClNO5S/c1-17-7-4-8(18-2)6-9(5-7)20-13-15-11(14)10(21-13)12(16)19-3/h4-6H,1-3H3. The van der Waals surface area contributed by atoms with Gasteiger partial charge in [-0.05, 0) is 0 Å². The van der Waals surface area contributed by atoms with Crippen molar-refractivity contribution in [2.75, 3.05) is 21.3 Å². The van der Waals surface area contributed by atoms with Gasteiger partial charge in [0, 0.05) is 18.2 Å². The van der Waals surface area contributed by atoms with Crippen LogP contribution < -0.4 is 14.2 Å². The van der Waals surface area contributed by atoms with Gasteiger partial charge in [0.1, 0.15) is 17.2 Å². The monoisotopic (exact) mass is 329 g/mol. The van der Waals surface area contributed by atoms with E-state index in [1.807, 2.05) is 0 Å². The van der Waals surface area contributed by atoms with Gasteiger partial charge in [0.05, 0.1) is 21.3 Å². The van der Waals surface area contributed by atoms with Crippen LogP contribution in [-0.4, -0.2) is 32.3 Å². The van der Waals surface area contributed by atoms with Crippen molar-refractivity contribution in [2.24, 2.45) is 0 Å². The highest BCUT2D eigenvalue weighted by molar-refractivity contribution is 7.15. The number of hydrogen-bond donors (Lipinski definition) is 0. The highest BCUT2D eigenvalue weighted by Gasteiger charge is 2.18. The molecule has 0 aliphatic heterocycles. The van der Waals surface area contributed by atoms with E-state index in [2.05, 4.69) is 9.72 Å². The molecule has 0 N–H and O–H groups in total. The Bertz CT molecular complexity index is 636. The van der Waals surface area contributed by atoms with Gasteiger partial charge in [-0.1, -0.05) is 22.9 Å². The van der Waals surface area contributed by atoms with Crippen molar-refractivity contribution in [1.82, 2.24) is 4.98 Å². The average molecular weight is 330 g/mol. The molecule has 0 unspecified atom stereocenters. The molecule has 1 aromatic carbocycles. The summed E-state index contributed by atoms with van der Waals surface area (Å²) in [7, 11) is 4.34. The molecule has 0 saturated carbocycles. The van der Waals surface area contributed by atoms with E-state index in [9.17, 15) is 4.79 Å². The second-order valence-electron chi connectivity index (χ2n) is 3.74. The van der Waals surface area contributed by atoms with Crippen molar-refractivity contribution in [3.63, 3.8) is 0 Å². The maximum absolute atomic E-state index is 11.5. The molecule has 0 amide bonds. The van der Waals surface area contributed by atoms with Gasteiger partial charge in [0.2, 0.25) is 0 Å². The number of halogens is 1. The summed E-state index contributed by atoms with van der Waals surface area (Å²) < 4.78 is 20.5. The fourth-order valence-electron chi connectivity index (χ4n) is 1.49. The summed E-state index contributed by atoms with van der Waals surface area (Å²) >= 11 is 6.86. The van der Waals surface area contributed by atoms with E-state index in [0.717, 1.165) is 11.3 Å². The first-order valence-electron chi connectivity index (χ1n) is 5.73. The zero-order valence-corrected chi connectivity index (χ0v) is 13.1. The van der Waals surface area contributed by atoms with Gasteiger partial charge < -0.3 is 18.9 Å². The van der Waals surface area contributed by atoms with Crippen LogP contribution in [0.4, 0.5) is 0 Å². The van der Waals surface area contributed by atoms with Gasteiger partial charge in [0.15, 0.2) is 10.0 Å². The van der Waals surface area contributed by atoms with Crippen LogP contribution in [0.1, 0.15) is 9.67 Å². The number of methoxy groups -OCH3 is 3. The van der Waals surface area contributed by atoms with Gasteiger partial charge in [-0.2, -0.15) is 4.98 Å². The first-order valence-corrected chi connectivity index (χ1v) is 6.92. The number of hydrogen-bond acceptors (Lipinski definition) is 7. The molecule has 21 heavy (non-hydrogen) atoms. The van der Waals surface area contributed by atoms with Crippen molar-refractivity contribution in [2.45, 2.75) is 0 Å². The van der Waals surface area contributed by atoms with Crippen molar-refractivity contribution >= 4 is 28.9 Å². The minimum atomic E-state index is -0.560. The largest absolute Gasteiger partial charge is 0.496 e. The Morgan fingerprint density at radius 3 is 2.19 bits per heavy atom. The first-order chi connectivity index (χ1) is 10.1. The van der Waals surface area contributed by atoms with Crippen LogP contribution in [0.25, 0.3) is 0 Å². The molecule has 0 aliphatic carbocycles. The van der Waals surface area contributed by atoms with E-state index < -0.39 is 5.97 Å².